The van der Waals surface area contributed by atoms with Gasteiger partial charge >= 0.3 is 0 Å². The fraction of sp³-hybridized carbons (Fsp3) is 0.316. The van der Waals surface area contributed by atoms with Crippen LogP contribution in [0.1, 0.15) is 24.0 Å². The fourth-order valence-electron chi connectivity index (χ4n) is 3.16. The number of aryl methyl sites for hydroxylation is 1. The molecule has 0 radical (unpaired) electrons. The molecule has 26 heavy (non-hydrogen) atoms. The Kier molecular flexibility index (Phi) is 5.12. The quantitative estimate of drug-likeness (QED) is 0.915. The van der Waals surface area contributed by atoms with Crippen LogP contribution in [0.3, 0.4) is 0 Å². The van der Waals surface area contributed by atoms with E-state index >= 15 is 0 Å². The molecule has 1 unspecified atom stereocenters. The lowest BCUT2D eigenvalue weighted by Gasteiger charge is -2.34. The molecular formula is C19H18F2N4O. The predicted molar refractivity (Wildman–Crippen MR) is 93.6 cm³/mol. The second-order valence-corrected chi connectivity index (χ2v) is 6.34. The summed E-state index contributed by atoms with van der Waals surface area (Å²) in [5.41, 5.74) is 0.592. The van der Waals surface area contributed by atoms with E-state index in [4.69, 9.17) is 5.26 Å². The van der Waals surface area contributed by atoms with Gasteiger partial charge in [-0.25, -0.2) is 13.8 Å². The van der Waals surface area contributed by atoms with Crippen molar-refractivity contribution >= 4 is 17.4 Å². The van der Waals surface area contributed by atoms with E-state index < -0.39 is 17.6 Å². The van der Waals surface area contributed by atoms with Crippen LogP contribution in [0, 0.1) is 35.8 Å². The van der Waals surface area contributed by atoms with E-state index in [1.54, 1.807) is 18.3 Å². The number of nitrogens with one attached hydrogen (secondary N) is 1. The average Bonchev–Trinajstić information content (AvgIpc) is 2.63. The zero-order valence-electron chi connectivity index (χ0n) is 14.3. The second kappa shape index (κ2) is 7.48. The first-order valence-corrected chi connectivity index (χ1v) is 8.36. The van der Waals surface area contributed by atoms with E-state index in [0.717, 1.165) is 17.7 Å². The number of nitriles is 1. The van der Waals surface area contributed by atoms with E-state index in [1.807, 2.05) is 13.0 Å². The van der Waals surface area contributed by atoms with Gasteiger partial charge in [-0.3, -0.25) is 4.79 Å². The summed E-state index contributed by atoms with van der Waals surface area (Å²) in [5.74, 6) is -1.71. The number of halogens is 2. The van der Waals surface area contributed by atoms with Crippen molar-refractivity contribution in [2.45, 2.75) is 19.8 Å². The lowest BCUT2D eigenvalue weighted by molar-refractivity contribution is -0.120. The lowest BCUT2D eigenvalue weighted by Crippen LogP contribution is -2.41. The van der Waals surface area contributed by atoms with E-state index in [0.29, 0.717) is 25.2 Å². The number of aromatic nitrogens is 1. The molecule has 0 bridgehead atoms. The number of carbonyl (C=O) groups is 1. The Hall–Kier alpha value is -3.01. The topological polar surface area (TPSA) is 69.0 Å². The van der Waals surface area contributed by atoms with Crippen molar-refractivity contribution in [1.82, 2.24) is 4.98 Å². The van der Waals surface area contributed by atoms with Gasteiger partial charge in [0.15, 0.2) is 11.6 Å². The standard InChI is InChI=1S/C19H18F2N4O/c1-12-4-2-6-23-18(12)24-19(26)14-5-3-7-25(11-14)17-15(20)8-13(10-22)9-16(17)21/h2,4,6,8-9,14H,3,5,7,11H2,1H3,(H,23,24,26). The van der Waals surface area contributed by atoms with Crippen LogP contribution < -0.4 is 10.2 Å². The van der Waals surface area contributed by atoms with E-state index in [9.17, 15) is 13.6 Å². The Labute approximate surface area is 150 Å². The molecule has 134 valence electrons. The Bertz CT molecular complexity index is 855. The molecule has 1 fully saturated rings. The summed E-state index contributed by atoms with van der Waals surface area (Å²) >= 11 is 0. The van der Waals surface area contributed by atoms with Gasteiger partial charge in [0.25, 0.3) is 0 Å². The Morgan fingerprint density at radius 2 is 2.12 bits per heavy atom. The number of nitrogens with zero attached hydrogens (tertiary/aromatic N) is 3. The molecule has 1 aromatic heterocycles. The van der Waals surface area contributed by atoms with Crippen molar-refractivity contribution in [3.63, 3.8) is 0 Å². The number of piperidine rings is 1. The smallest absolute Gasteiger partial charge is 0.230 e. The number of hydrogen-bond donors (Lipinski definition) is 1. The number of pyridine rings is 1. The normalized spacial score (nSPS) is 16.8. The Balaban J connectivity index is 1.77. The van der Waals surface area contributed by atoms with Crippen molar-refractivity contribution in [3.05, 3.63) is 53.2 Å². The summed E-state index contributed by atoms with van der Waals surface area (Å²) in [6.45, 7) is 2.50. The third-order valence-electron chi connectivity index (χ3n) is 4.51. The maximum atomic E-state index is 14.3. The highest BCUT2D eigenvalue weighted by Gasteiger charge is 2.29. The van der Waals surface area contributed by atoms with Crippen LogP contribution in [0.4, 0.5) is 20.3 Å². The summed E-state index contributed by atoms with van der Waals surface area (Å²) in [6, 6.07) is 7.38. The zero-order chi connectivity index (χ0) is 18.7. The largest absolute Gasteiger partial charge is 0.366 e. The summed E-state index contributed by atoms with van der Waals surface area (Å²) < 4.78 is 28.5. The second-order valence-electron chi connectivity index (χ2n) is 6.34. The van der Waals surface area contributed by atoms with Crippen molar-refractivity contribution < 1.29 is 13.6 Å². The molecule has 1 aliphatic heterocycles. The third kappa shape index (κ3) is 3.64. The molecule has 1 amide bonds. The molecule has 0 saturated carbocycles. The first-order valence-electron chi connectivity index (χ1n) is 8.36. The SMILES string of the molecule is Cc1cccnc1NC(=O)C1CCCN(c2c(F)cc(C#N)cc2F)C1. The molecule has 1 atom stereocenters. The molecular weight excluding hydrogens is 338 g/mol. The molecule has 1 aliphatic rings. The molecule has 2 heterocycles. The van der Waals surface area contributed by atoms with E-state index in [2.05, 4.69) is 10.3 Å². The van der Waals surface area contributed by atoms with Gasteiger partial charge in [0.05, 0.1) is 17.6 Å². The van der Waals surface area contributed by atoms with Crippen LogP contribution in [0.5, 0.6) is 0 Å². The number of anilines is 2. The van der Waals surface area contributed by atoms with Crippen LogP contribution in [-0.2, 0) is 4.79 Å². The maximum absolute atomic E-state index is 14.3. The lowest BCUT2D eigenvalue weighted by atomic mass is 9.96. The number of amides is 1. The molecule has 1 N–H and O–H groups in total. The molecule has 0 aliphatic carbocycles. The van der Waals surface area contributed by atoms with Crippen LogP contribution in [0.15, 0.2) is 30.5 Å². The Morgan fingerprint density at radius 1 is 1.38 bits per heavy atom. The fourth-order valence-corrected chi connectivity index (χ4v) is 3.16. The van der Waals surface area contributed by atoms with Crippen LogP contribution in [0.25, 0.3) is 0 Å². The van der Waals surface area contributed by atoms with Crippen molar-refractivity contribution in [3.8, 4) is 6.07 Å². The number of carbonyl (C=O) groups excluding carboxylic acids is 1. The summed E-state index contributed by atoms with van der Waals surface area (Å²) in [6.07, 6.45) is 2.86. The van der Waals surface area contributed by atoms with Crippen molar-refractivity contribution in [2.24, 2.45) is 5.92 Å². The molecule has 5 nitrogen and oxygen atoms in total. The van der Waals surface area contributed by atoms with Gasteiger partial charge in [-0.2, -0.15) is 5.26 Å². The summed E-state index contributed by atoms with van der Waals surface area (Å²) in [7, 11) is 0. The summed E-state index contributed by atoms with van der Waals surface area (Å²) in [5, 5.41) is 11.6. The molecule has 0 spiro atoms. The van der Waals surface area contributed by atoms with E-state index in [-0.39, 0.29) is 23.7 Å². The van der Waals surface area contributed by atoms with Gasteiger partial charge in [0, 0.05) is 19.3 Å². The minimum absolute atomic E-state index is 0.0688. The molecule has 1 saturated heterocycles. The minimum Gasteiger partial charge on any atom is -0.366 e. The molecule has 2 aromatic rings. The summed E-state index contributed by atoms with van der Waals surface area (Å²) in [4.78, 5) is 18.2. The predicted octanol–water partition coefficient (Wildman–Crippen LogP) is 3.40. The number of rotatable bonds is 3. The van der Waals surface area contributed by atoms with Crippen LogP contribution >= 0.6 is 0 Å². The van der Waals surface area contributed by atoms with Gasteiger partial charge in [0.2, 0.25) is 5.91 Å². The molecule has 3 rings (SSSR count). The first-order chi connectivity index (χ1) is 12.5. The first kappa shape index (κ1) is 17.8. The van der Waals surface area contributed by atoms with Gasteiger partial charge in [-0.15, -0.1) is 0 Å². The number of benzene rings is 1. The van der Waals surface area contributed by atoms with Gasteiger partial charge in [0.1, 0.15) is 11.5 Å². The van der Waals surface area contributed by atoms with Crippen LogP contribution in [-0.4, -0.2) is 24.0 Å². The number of hydrogen-bond acceptors (Lipinski definition) is 4. The Morgan fingerprint density at radius 3 is 2.77 bits per heavy atom. The molecule has 7 heteroatoms. The van der Waals surface area contributed by atoms with Crippen molar-refractivity contribution in [2.75, 3.05) is 23.3 Å². The molecule has 1 aromatic carbocycles. The highest BCUT2D eigenvalue weighted by atomic mass is 19.1. The van der Waals surface area contributed by atoms with Gasteiger partial charge in [-0.05, 0) is 43.5 Å². The van der Waals surface area contributed by atoms with Gasteiger partial charge in [-0.1, -0.05) is 6.07 Å². The maximum Gasteiger partial charge on any atom is 0.230 e. The highest BCUT2D eigenvalue weighted by molar-refractivity contribution is 5.92. The zero-order valence-corrected chi connectivity index (χ0v) is 14.3. The average molecular weight is 356 g/mol. The van der Waals surface area contributed by atoms with Crippen LogP contribution in [0.2, 0.25) is 0 Å². The third-order valence-corrected chi connectivity index (χ3v) is 4.51. The monoisotopic (exact) mass is 356 g/mol. The van der Waals surface area contributed by atoms with Crippen molar-refractivity contribution in [1.29, 1.82) is 5.26 Å². The minimum atomic E-state index is -0.789. The highest BCUT2D eigenvalue weighted by Crippen LogP contribution is 2.29. The van der Waals surface area contributed by atoms with E-state index in [1.165, 1.54) is 4.90 Å². The van der Waals surface area contributed by atoms with Gasteiger partial charge < -0.3 is 10.2 Å².